The summed E-state index contributed by atoms with van der Waals surface area (Å²) in [4.78, 5) is 8.73. The smallest absolute Gasteiger partial charge is 0.387 e. The lowest BCUT2D eigenvalue weighted by atomic mass is 10.2. The quantitative estimate of drug-likeness (QED) is 0.730. The van der Waals surface area contributed by atoms with Gasteiger partial charge in [-0.25, -0.2) is 14.4 Å². The fourth-order valence-corrected chi connectivity index (χ4v) is 2.96. The SMILES string of the molecule is FC(F)Oc1ccn2c(-c3cccc(NC4CNCC4F)n3)cnc2c1. The molecule has 3 aromatic rings. The Balaban J connectivity index is 1.62. The van der Waals surface area contributed by atoms with E-state index in [1.54, 1.807) is 28.9 Å². The number of nitrogens with one attached hydrogen (secondary N) is 2. The predicted octanol–water partition coefficient (Wildman–Crippen LogP) is 2.72. The molecule has 4 heterocycles. The van der Waals surface area contributed by atoms with Gasteiger partial charge in [-0.1, -0.05) is 6.07 Å². The molecule has 1 aliphatic heterocycles. The molecular weight excluding hydrogens is 347 g/mol. The molecule has 0 spiro atoms. The Morgan fingerprint density at radius 3 is 2.92 bits per heavy atom. The van der Waals surface area contributed by atoms with E-state index in [1.807, 2.05) is 6.07 Å². The topological polar surface area (TPSA) is 63.5 Å². The molecule has 1 saturated heterocycles. The van der Waals surface area contributed by atoms with E-state index in [9.17, 15) is 13.2 Å². The molecule has 9 heteroatoms. The summed E-state index contributed by atoms with van der Waals surface area (Å²) in [7, 11) is 0. The number of fused-ring (bicyclic) bond motifs is 1. The largest absolute Gasteiger partial charge is 0.435 e. The maximum absolute atomic E-state index is 13.8. The van der Waals surface area contributed by atoms with Crippen molar-refractivity contribution < 1.29 is 17.9 Å². The standard InChI is InChI=1S/C17H16F3N5O/c18-11-7-21-8-13(11)24-15-3-1-2-12(23-15)14-9-22-16-6-10(26-17(19)20)4-5-25(14)16/h1-6,9,11,13,17,21H,7-8H2,(H,23,24). The molecule has 136 valence electrons. The average molecular weight is 363 g/mol. The van der Waals surface area contributed by atoms with Crippen molar-refractivity contribution in [3.8, 4) is 17.1 Å². The molecule has 0 saturated carbocycles. The number of ether oxygens (including phenoxy) is 1. The van der Waals surface area contributed by atoms with Gasteiger partial charge < -0.3 is 15.4 Å². The van der Waals surface area contributed by atoms with E-state index in [4.69, 9.17) is 0 Å². The van der Waals surface area contributed by atoms with Crippen molar-refractivity contribution in [2.45, 2.75) is 18.8 Å². The molecule has 0 amide bonds. The summed E-state index contributed by atoms with van der Waals surface area (Å²) in [6.07, 6.45) is 2.22. The third-order valence-electron chi connectivity index (χ3n) is 4.19. The highest BCUT2D eigenvalue weighted by molar-refractivity contribution is 5.62. The number of pyridine rings is 2. The summed E-state index contributed by atoms with van der Waals surface area (Å²) in [5.74, 6) is 0.599. The first-order valence-corrected chi connectivity index (χ1v) is 8.11. The molecule has 1 fully saturated rings. The zero-order chi connectivity index (χ0) is 18.1. The molecule has 2 N–H and O–H groups in total. The van der Waals surface area contributed by atoms with Crippen molar-refractivity contribution in [3.05, 3.63) is 42.7 Å². The number of imidazole rings is 1. The first-order chi connectivity index (χ1) is 12.6. The Labute approximate surface area is 147 Å². The number of halogens is 3. The Kier molecular flexibility index (Phi) is 4.37. The molecule has 6 nitrogen and oxygen atoms in total. The Morgan fingerprint density at radius 1 is 1.27 bits per heavy atom. The normalized spacial score (nSPS) is 20.0. The second kappa shape index (κ2) is 6.83. The molecule has 2 atom stereocenters. The van der Waals surface area contributed by atoms with Crippen molar-refractivity contribution in [1.82, 2.24) is 19.7 Å². The van der Waals surface area contributed by atoms with Crippen LogP contribution in [0.3, 0.4) is 0 Å². The second-order valence-electron chi connectivity index (χ2n) is 5.95. The zero-order valence-corrected chi connectivity index (χ0v) is 13.6. The molecule has 2 unspecified atom stereocenters. The molecule has 0 aliphatic carbocycles. The lowest BCUT2D eigenvalue weighted by Crippen LogP contribution is -2.29. The summed E-state index contributed by atoms with van der Waals surface area (Å²) in [5.41, 5.74) is 1.78. The van der Waals surface area contributed by atoms with Crippen LogP contribution in [0.4, 0.5) is 19.0 Å². The zero-order valence-electron chi connectivity index (χ0n) is 13.6. The second-order valence-corrected chi connectivity index (χ2v) is 5.95. The van der Waals surface area contributed by atoms with Crippen molar-refractivity contribution >= 4 is 11.5 Å². The maximum Gasteiger partial charge on any atom is 0.387 e. The van der Waals surface area contributed by atoms with E-state index in [0.717, 1.165) is 0 Å². The van der Waals surface area contributed by atoms with E-state index in [-0.39, 0.29) is 11.8 Å². The number of aromatic nitrogens is 3. The first-order valence-electron chi connectivity index (χ1n) is 8.11. The van der Waals surface area contributed by atoms with Crippen molar-refractivity contribution in [2.24, 2.45) is 0 Å². The maximum atomic E-state index is 13.8. The van der Waals surface area contributed by atoms with Gasteiger partial charge in [0, 0.05) is 25.4 Å². The van der Waals surface area contributed by atoms with Gasteiger partial charge in [-0.15, -0.1) is 0 Å². The minimum absolute atomic E-state index is 0.0377. The van der Waals surface area contributed by atoms with Crippen molar-refractivity contribution in [2.75, 3.05) is 18.4 Å². The first kappa shape index (κ1) is 16.6. The van der Waals surface area contributed by atoms with Crippen LogP contribution in [-0.4, -0.2) is 46.3 Å². The van der Waals surface area contributed by atoms with Crippen molar-refractivity contribution in [3.63, 3.8) is 0 Å². The molecule has 4 rings (SSSR count). The lowest BCUT2D eigenvalue weighted by Gasteiger charge is -2.15. The lowest BCUT2D eigenvalue weighted by molar-refractivity contribution is -0.0498. The van der Waals surface area contributed by atoms with Crippen LogP contribution < -0.4 is 15.4 Å². The monoisotopic (exact) mass is 363 g/mol. The number of hydrogen-bond acceptors (Lipinski definition) is 5. The van der Waals surface area contributed by atoms with Crippen LogP contribution in [-0.2, 0) is 0 Å². The van der Waals surface area contributed by atoms with Crippen LogP contribution >= 0.6 is 0 Å². The van der Waals surface area contributed by atoms with Gasteiger partial charge in [0.25, 0.3) is 0 Å². The number of alkyl halides is 3. The third-order valence-corrected chi connectivity index (χ3v) is 4.19. The van der Waals surface area contributed by atoms with E-state index in [2.05, 4.69) is 25.3 Å². The highest BCUT2D eigenvalue weighted by atomic mass is 19.3. The number of nitrogens with zero attached hydrogens (tertiary/aromatic N) is 3. The van der Waals surface area contributed by atoms with Crippen LogP contribution in [0.2, 0.25) is 0 Å². The number of rotatable bonds is 5. The molecule has 0 aromatic carbocycles. The highest BCUT2D eigenvalue weighted by Crippen LogP contribution is 2.24. The van der Waals surface area contributed by atoms with Gasteiger partial charge in [0.2, 0.25) is 0 Å². The average Bonchev–Trinajstić information content (AvgIpc) is 3.21. The van der Waals surface area contributed by atoms with Gasteiger partial charge in [0.15, 0.2) is 0 Å². The Hall–Kier alpha value is -2.81. The summed E-state index contributed by atoms with van der Waals surface area (Å²) >= 11 is 0. The van der Waals surface area contributed by atoms with E-state index >= 15 is 0 Å². The van der Waals surface area contributed by atoms with Crippen LogP contribution in [0.25, 0.3) is 17.0 Å². The molecule has 0 bridgehead atoms. The van der Waals surface area contributed by atoms with E-state index in [0.29, 0.717) is 35.9 Å². The van der Waals surface area contributed by atoms with Crippen molar-refractivity contribution in [1.29, 1.82) is 0 Å². The van der Waals surface area contributed by atoms with Gasteiger partial charge in [0.1, 0.15) is 23.4 Å². The molecule has 3 aromatic heterocycles. The fourth-order valence-electron chi connectivity index (χ4n) is 2.96. The summed E-state index contributed by atoms with van der Waals surface area (Å²) < 4.78 is 44.5. The van der Waals surface area contributed by atoms with E-state index in [1.165, 1.54) is 12.1 Å². The third kappa shape index (κ3) is 3.30. The van der Waals surface area contributed by atoms with Gasteiger partial charge in [0.05, 0.1) is 23.6 Å². The summed E-state index contributed by atoms with van der Waals surface area (Å²) in [6, 6.07) is 7.92. The highest BCUT2D eigenvalue weighted by Gasteiger charge is 2.26. The minimum atomic E-state index is -2.89. The summed E-state index contributed by atoms with van der Waals surface area (Å²) in [5, 5.41) is 6.07. The van der Waals surface area contributed by atoms with Gasteiger partial charge >= 0.3 is 6.61 Å². The van der Waals surface area contributed by atoms with E-state index < -0.39 is 12.8 Å². The minimum Gasteiger partial charge on any atom is -0.435 e. The fraction of sp³-hybridized carbons (Fsp3) is 0.294. The molecule has 26 heavy (non-hydrogen) atoms. The summed E-state index contributed by atoms with van der Waals surface area (Å²) in [6.45, 7) is -2.02. The Bertz CT molecular complexity index is 916. The van der Waals surface area contributed by atoms with Crippen LogP contribution in [0.1, 0.15) is 0 Å². The molecular formula is C17H16F3N5O. The van der Waals surface area contributed by atoms with Crippen LogP contribution in [0, 0.1) is 0 Å². The molecule has 0 radical (unpaired) electrons. The van der Waals surface area contributed by atoms with Crippen LogP contribution in [0.5, 0.6) is 5.75 Å². The number of hydrogen-bond donors (Lipinski definition) is 2. The Morgan fingerprint density at radius 2 is 2.15 bits per heavy atom. The van der Waals surface area contributed by atoms with Gasteiger partial charge in [-0.2, -0.15) is 8.78 Å². The number of anilines is 1. The van der Waals surface area contributed by atoms with Crippen LogP contribution in [0.15, 0.2) is 42.7 Å². The van der Waals surface area contributed by atoms with Gasteiger partial charge in [-0.05, 0) is 18.2 Å². The van der Waals surface area contributed by atoms with Gasteiger partial charge in [-0.3, -0.25) is 4.40 Å². The molecule has 1 aliphatic rings. The predicted molar refractivity (Wildman–Crippen MR) is 90.2 cm³/mol.